The molecule has 2 rings (SSSR count). The van der Waals surface area contributed by atoms with E-state index in [2.05, 4.69) is 10.0 Å². The second-order valence-electron chi connectivity index (χ2n) is 5.58. The maximum absolute atomic E-state index is 12.4. The van der Waals surface area contributed by atoms with Crippen LogP contribution in [0.1, 0.15) is 39.2 Å². The molecule has 8 heteroatoms. The van der Waals surface area contributed by atoms with Crippen molar-refractivity contribution in [3.8, 4) is 0 Å². The van der Waals surface area contributed by atoms with Gasteiger partial charge >= 0.3 is 5.97 Å². The van der Waals surface area contributed by atoms with E-state index in [1.165, 1.54) is 12.1 Å². The molecule has 0 saturated heterocycles. The van der Waals surface area contributed by atoms with Gasteiger partial charge in [0.2, 0.25) is 10.0 Å². The monoisotopic (exact) mass is 362 g/mol. The molecule has 25 heavy (non-hydrogen) atoms. The van der Waals surface area contributed by atoms with Gasteiger partial charge in [0.05, 0.1) is 23.5 Å². The SMILES string of the molecule is C[C@H](NC(=O)c1cc(NS(C)(=O)=O)cc(C(=O)O)c1)c1ccccc1. The first-order chi connectivity index (χ1) is 11.7. The van der Waals surface area contributed by atoms with Gasteiger partial charge in [0.25, 0.3) is 5.91 Å². The third-order valence-electron chi connectivity index (χ3n) is 3.39. The summed E-state index contributed by atoms with van der Waals surface area (Å²) < 4.78 is 24.9. The van der Waals surface area contributed by atoms with Gasteiger partial charge in [-0.3, -0.25) is 9.52 Å². The number of carbonyl (C=O) groups excluding carboxylic acids is 1. The normalized spacial score (nSPS) is 12.2. The minimum Gasteiger partial charge on any atom is -0.478 e. The molecule has 0 heterocycles. The number of amides is 1. The zero-order valence-corrected chi connectivity index (χ0v) is 14.5. The Morgan fingerprint density at radius 2 is 1.64 bits per heavy atom. The topological polar surface area (TPSA) is 113 Å². The molecule has 2 aromatic rings. The molecule has 7 nitrogen and oxygen atoms in total. The van der Waals surface area contributed by atoms with Crippen LogP contribution >= 0.6 is 0 Å². The van der Waals surface area contributed by atoms with Gasteiger partial charge in [0.15, 0.2) is 0 Å². The Hall–Kier alpha value is -2.87. The Morgan fingerprint density at radius 1 is 1.04 bits per heavy atom. The van der Waals surface area contributed by atoms with E-state index in [-0.39, 0.29) is 22.9 Å². The van der Waals surface area contributed by atoms with Crippen molar-refractivity contribution in [2.45, 2.75) is 13.0 Å². The average molecular weight is 362 g/mol. The lowest BCUT2D eigenvalue weighted by Gasteiger charge is -2.15. The van der Waals surface area contributed by atoms with Crippen LogP contribution in [-0.2, 0) is 10.0 Å². The number of carboxylic acid groups (broad SMARTS) is 1. The summed E-state index contributed by atoms with van der Waals surface area (Å²) >= 11 is 0. The van der Waals surface area contributed by atoms with E-state index in [9.17, 15) is 18.0 Å². The Morgan fingerprint density at radius 3 is 2.20 bits per heavy atom. The first-order valence-corrected chi connectivity index (χ1v) is 9.27. The summed E-state index contributed by atoms with van der Waals surface area (Å²) in [7, 11) is -3.60. The van der Waals surface area contributed by atoms with E-state index >= 15 is 0 Å². The summed E-state index contributed by atoms with van der Waals surface area (Å²) in [4.78, 5) is 23.7. The number of sulfonamides is 1. The molecule has 0 aliphatic carbocycles. The van der Waals surface area contributed by atoms with Gasteiger partial charge in [0.1, 0.15) is 0 Å². The predicted octanol–water partition coefficient (Wildman–Crippen LogP) is 2.25. The highest BCUT2D eigenvalue weighted by molar-refractivity contribution is 7.92. The minimum absolute atomic E-state index is 0.0138. The van der Waals surface area contributed by atoms with Gasteiger partial charge in [-0.1, -0.05) is 30.3 Å². The largest absolute Gasteiger partial charge is 0.478 e. The van der Waals surface area contributed by atoms with Crippen LogP contribution in [0.15, 0.2) is 48.5 Å². The molecular formula is C17H18N2O5S. The molecule has 0 spiro atoms. The van der Waals surface area contributed by atoms with Crippen LogP contribution in [0.2, 0.25) is 0 Å². The molecule has 3 N–H and O–H groups in total. The van der Waals surface area contributed by atoms with Gasteiger partial charge in [-0.15, -0.1) is 0 Å². The van der Waals surface area contributed by atoms with Crippen LogP contribution in [0.25, 0.3) is 0 Å². The van der Waals surface area contributed by atoms with E-state index in [0.717, 1.165) is 17.9 Å². The molecule has 0 aliphatic rings. The Labute approximate surface area is 145 Å². The zero-order valence-electron chi connectivity index (χ0n) is 13.7. The molecule has 0 saturated carbocycles. The van der Waals surface area contributed by atoms with E-state index in [1.807, 2.05) is 30.3 Å². The lowest BCUT2D eigenvalue weighted by atomic mass is 10.1. The fraction of sp³-hybridized carbons (Fsp3) is 0.176. The number of rotatable bonds is 6. The Balaban J connectivity index is 2.30. The number of aromatic carboxylic acids is 1. The van der Waals surface area contributed by atoms with Crippen LogP contribution in [0, 0.1) is 0 Å². The smallest absolute Gasteiger partial charge is 0.335 e. The standard InChI is InChI=1S/C17H18N2O5S/c1-11(12-6-4-3-5-7-12)18-16(20)13-8-14(17(21)22)10-15(9-13)19-25(2,23)24/h3-11,19H,1-2H3,(H,18,20)(H,21,22)/t11-/m0/s1. The molecular weight excluding hydrogens is 344 g/mol. The number of hydrogen-bond donors (Lipinski definition) is 3. The second-order valence-corrected chi connectivity index (χ2v) is 7.33. The minimum atomic E-state index is -3.60. The summed E-state index contributed by atoms with van der Waals surface area (Å²) in [5.41, 5.74) is 0.764. The zero-order chi connectivity index (χ0) is 18.6. The lowest BCUT2D eigenvalue weighted by molar-refractivity contribution is 0.0697. The molecule has 2 aromatic carbocycles. The first kappa shape index (κ1) is 18.5. The number of hydrogen-bond acceptors (Lipinski definition) is 4. The fourth-order valence-electron chi connectivity index (χ4n) is 2.26. The number of carbonyl (C=O) groups is 2. The van der Waals surface area contributed by atoms with Gasteiger partial charge < -0.3 is 10.4 Å². The van der Waals surface area contributed by atoms with Crippen LogP contribution in [0.4, 0.5) is 5.69 Å². The molecule has 0 aliphatic heterocycles. The van der Waals surface area contributed by atoms with Gasteiger partial charge in [-0.05, 0) is 30.7 Å². The van der Waals surface area contributed by atoms with Crippen LogP contribution in [0.3, 0.4) is 0 Å². The number of anilines is 1. The highest BCUT2D eigenvalue weighted by Gasteiger charge is 2.16. The van der Waals surface area contributed by atoms with Crippen molar-refractivity contribution in [1.29, 1.82) is 0 Å². The van der Waals surface area contributed by atoms with Gasteiger partial charge in [-0.25, -0.2) is 13.2 Å². The molecule has 1 atom stereocenters. The van der Waals surface area contributed by atoms with E-state index in [0.29, 0.717) is 0 Å². The van der Waals surface area contributed by atoms with Gasteiger partial charge in [0, 0.05) is 5.56 Å². The van der Waals surface area contributed by atoms with Crippen LogP contribution in [0.5, 0.6) is 0 Å². The van der Waals surface area contributed by atoms with Crippen molar-refractivity contribution in [3.63, 3.8) is 0 Å². The summed E-state index contributed by atoms with van der Waals surface area (Å²) in [6.07, 6.45) is 0.942. The van der Waals surface area contributed by atoms with E-state index in [4.69, 9.17) is 5.11 Å². The third kappa shape index (κ3) is 5.32. The lowest BCUT2D eigenvalue weighted by Crippen LogP contribution is -2.27. The predicted molar refractivity (Wildman–Crippen MR) is 94.2 cm³/mol. The van der Waals surface area contributed by atoms with Crippen molar-refractivity contribution in [2.24, 2.45) is 0 Å². The van der Waals surface area contributed by atoms with Crippen molar-refractivity contribution in [3.05, 3.63) is 65.2 Å². The maximum Gasteiger partial charge on any atom is 0.335 e. The molecule has 0 radical (unpaired) electrons. The van der Waals surface area contributed by atoms with Crippen LogP contribution in [-0.4, -0.2) is 31.7 Å². The first-order valence-electron chi connectivity index (χ1n) is 7.37. The fourth-order valence-corrected chi connectivity index (χ4v) is 2.81. The number of carboxylic acids is 1. The van der Waals surface area contributed by atoms with Crippen molar-refractivity contribution in [2.75, 3.05) is 11.0 Å². The Bertz CT molecular complexity index is 895. The Kier molecular flexibility index (Phi) is 5.43. The molecule has 0 unspecified atom stereocenters. The molecule has 132 valence electrons. The summed E-state index contributed by atoms with van der Waals surface area (Å²) in [6.45, 7) is 1.80. The molecule has 0 bridgehead atoms. The summed E-state index contributed by atoms with van der Waals surface area (Å²) in [5.74, 6) is -1.77. The van der Waals surface area contributed by atoms with E-state index in [1.54, 1.807) is 6.92 Å². The molecule has 1 amide bonds. The third-order valence-corrected chi connectivity index (χ3v) is 4.00. The summed E-state index contributed by atoms with van der Waals surface area (Å²) in [5, 5.41) is 11.9. The highest BCUT2D eigenvalue weighted by Crippen LogP contribution is 2.18. The average Bonchev–Trinajstić information content (AvgIpc) is 2.53. The van der Waals surface area contributed by atoms with Crippen LogP contribution < -0.4 is 10.0 Å². The molecule has 0 aromatic heterocycles. The van der Waals surface area contributed by atoms with Gasteiger partial charge in [-0.2, -0.15) is 0 Å². The van der Waals surface area contributed by atoms with Crippen molar-refractivity contribution < 1.29 is 23.1 Å². The maximum atomic E-state index is 12.4. The van der Waals surface area contributed by atoms with Crippen molar-refractivity contribution in [1.82, 2.24) is 5.32 Å². The summed E-state index contributed by atoms with van der Waals surface area (Å²) in [6, 6.07) is 12.6. The van der Waals surface area contributed by atoms with Crippen molar-refractivity contribution >= 4 is 27.6 Å². The molecule has 0 fully saturated rings. The quantitative estimate of drug-likeness (QED) is 0.729. The number of benzene rings is 2. The highest BCUT2D eigenvalue weighted by atomic mass is 32.2. The second kappa shape index (κ2) is 7.35. The number of nitrogens with one attached hydrogen (secondary N) is 2. The van der Waals surface area contributed by atoms with E-state index < -0.39 is 21.9 Å².